The zero-order valence-electron chi connectivity index (χ0n) is 13.4. The van der Waals surface area contributed by atoms with Gasteiger partial charge in [-0.2, -0.15) is 5.01 Å². The van der Waals surface area contributed by atoms with Crippen molar-refractivity contribution in [2.45, 2.75) is 13.2 Å². The second-order valence-electron chi connectivity index (χ2n) is 5.59. The minimum Gasteiger partial charge on any atom is -0.446 e. The number of hydrazone groups is 1. The average molecular weight is 309 g/mol. The molecular weight excluding hydrogens is 290 g/mol. The Bertz CT molecular complexity index is 724. The van der Waals surface area contributed by atoms with Gasteiger partial charge in [-0.05, 0) is 24.3 Å². The minimum atomic E-state index is -0.516. The maximum absolute atomic E-state index is 11.9. The van der Waals surface area contributed by atoms with Crippen LogP contribution in [0.3, 0.4) is 0 Å². The van der Waals surface area contributed by atoms with Crippen LogP contribution in [-0.4, -0.2) is 30.9 Å². The van der Waals surface area contributed by atoms with Crippen molar-refractivity contribution < 1.29 is 9.53 Å². The lowest BCUT2D eigenvalue weighted by Gasteiger charge is -2.19. The van der Waals surface area contributed by atoms with Gasteiger partial charge in [0.2, 0.25) is 18.0 Å². The predicted octanol–water partition coefficient (Wildman–Crippen LogP) is 2.99. The summed E-state index contributed by atoms with van der Waals surface area (Å²) in [5, 5.41) is 5.73. The monoisotopic (exact) mass is 309 g/mol. The Morgan fingerprint density at radius 2 is 1.74 bits per heavy atom. The second kappa shape index (κ2) is 6.12. The molecule has 0 saturated carbocycles. The Kier molecular flexibility index (Phi) is 4.02. The summed E-state index contributed by atoms with van der Waals surface area (Å²) < 4.78 is 5.95. The number of hydrogen-bond donors (Lipinski definition) is 0. The molecule has 0 spiro atoms. The van der Waals surface area contributed by atoms with Gasteiger partial charge in [-0.25, -0.2) is 0 Å². The van der Waals surface area contributed by atoms with E-state index >= 15 is 0 Å². The van der Waals surface area contributed by atoms with Gasteiger partial charge in [0, 0.05) is 37.8 Å². The maximum atomic E-state index is 11.9. The Balaban J connectivity index is 1.89. The third kappa shape index (κ3) is 3.04. The van der Waals surface area contributed by atoms with Crippen LogP contribution in [0.4, 0.5) is 5.69 Å². The van der Waals surface area contributed by atoms with Crippen molar-refractivity contribution in [2.24, 2.45) is 5.10 Å². The lowest BCUT2D eigenvalue weighted by Crippen LogP contribution is -2.25. The predicted molar refractivity (Wildman–Crippen MR) is 90.1 cm³/mol. The summed E-state index contributed by atoms with van der Waals surface area (Å²) in [7, 11) is 3.98. The number of hydrogen-bond acceptors (Lipinski definition) is 4. The second-order valence-corrected chi connectivity index (χ2v) is 5.59. The zero-order valence-corrected chi connectivity index (χ0v) is 13.4. The fraction of sp³-hybridized carbons (Fsp3) is 0.222. The average Bonchev–Trinajstić information content (AvgIpc) is 3.01. The van der Waals surface area contributed by atoms with Gasteiger partial charge in [0.1, 0.15) is 0 Å². The fourth-order valence-corrected chi connectivity index (χ4v) is 2.42. The molecule has 0 radical (unpaired) electrons. The molecule has 0 N–H and O–H groups in total. The quantitative estimate of drug-likeness (QED) is 0.875. The molecule has 1 aliphatic heterocycles. The summed E-state index contributed by atoms with van der Waals surface area (Å²) in [4.78, 5) is 13.9. The van der Waals surface area contributed by atoms with Crippen molar-refractivity contribution in [3.8, 4) is 0 Å². The smallest absolute Gasteiger partial charge is 0.243 e. The van der Waals surface area contributed by atoms with E-state index in [1.165, 1.54) is 11.9 Å². The first-order valence-electron chi connectivity index (χ1n) is 7.44. The first-order chi connectivity index (χ1) is 11.1. The van der Waals surface area contributed by atoms with Crippen LogP contribution in [0.25, 0.3) is 0 Å². The van der Waals surface area contributed by atoms with Crippen LogP contribution in [0.5, 0.6) is 0 Å². The van der Waals surface area contributed by atoms with E-state index in [1.807, 2.05) is 73.6 Å². The van der Waals surface area contributed by atoms with E-state index in [9.17, 15) is 4.79 Å². The van der Waals surface area contributed by atoms with Gasteiger partial charge >= 0.3 is 0 Å². The van der Waals surface area contributed by atoms with Crippen molar-refractivity contribution in [3.05, 3.63) is 65.7 Å². The number of ether oxygens (including phenoxy) is 1. The van der Waals surface area contributed by atoms with Crippen molar-refractivity contribution in [1.29, 1.82) is 0 Å². The van der Waals surface area contributed by atoms with E-state index in [1.54, 1.807) is 0 Å². The molecule has 0 unspecified atom stereocenters. The molecule has 2 aromatic rings. The standard InChI is InChI=1S/C18H19N3O2/c1-13(22)21-18(15-7-5-4-6-8-15)23-17(19-21)14-9-11-16(12-10-14)20(2)3/h4-12,18H,1-3H3/t18-/m1/s1. The lowest BCUT2D eigenvalue weighted by molar-refractivity contribution is -0.135. The number of nitrogens with zero attached hydrogens (tertiary/aromatic N) is 3. The van der Waals surface area contributed by atoms with Crippen LogP contribution in [-0.2, 0) is 9.53 Å². The molecule has 0 aliphatic carbocycles. The zero-order chi connectivity index (χ0) is 16.4. The van der Waals surface area contributed by atoms with Crippen molar-refractivity contribution in [3.63, 3.8) is 0 Å². The molecule has 0 aromatic heterocycles. The molecule has 0 fully saturated rings. The van der Waals surface area contributed by atoms with Gasteiger partial charge in [-0.1, -0.05) is 30.3 Å². The highest BCUT2D eigenvalue weighted by atomic mass is 16.5. The van der Waals surface area contributed by atoms with E-state index in [-0.39, 0.29) is 5.91 Å². The number of carbonyl (C=O) groups is 1. The van der Waals surface area contributed by atoms with Gasteiger partial charge in [0.05, 0.1) is 0 Å². The Morgan fingerprint density at radius 3 is 2.30 bits per heavy atom. The third-order valence-corrected chi connectivity index (χ3v) is 3.68. The van der Waals surface area contributed by atoms with Crippen molar-refractivity contribution in [2.75, 3.05) is 19.0 Å². The van der Waals surface area contributed by atoms with E-state index < -0.39 is 6.23 Å². The largest absolute Gasteiger partial charge is 0.446 e. The summed E-state index contributed by atoms with van der Waals surface area (Å²) in [6, 6.07) is 17.5. The fourth-order valence-electron chi connectivity index (χ4n) is 2.42. The summed E-state index contributed by atoms with van der Waals surface area (Å²) in [5.41, 5.74) is 2.84. The number of rotatable bonds is 3. The van der Waals surface area contributed by atoms with Gasteiger partial charge in [0.15, 0.2) is 0 Å². The molecular formula is C18H19N3O2. The molecule has 1 heterocycles. The number of amides is 1. The molecule has 1 amide bonds. The molecule has 0 saturated heterocycles. The molecule has 3 rings (SSSR count). The highest BCUT2D eigenvalue weighted by molar-refractivity contribution is 5.96. The lowest BCUT2D eigenvalue weighted by atomic mass is 10.2. The SMILES string of the molecule is CC(=O)N1N=C(c2ccc(N(C)C)cc2)O[C@@H]1c1ccccc1. The van der Waals surface area contributed by atoms with Gasteiger partial charge < -0.3 is 9.64 Å². The Labute approximate surface area is 135 Å². The van der Waals surface area contributed by atoms with Crippen LogP contribution in [0, 0.1) is 0 Å². The minimum absolute atomic E-state index is 0.154. The molecule has 118 valence electrons. The van der Waals surface area contributed by atoms with E-state index in [4.69, 9.17) is 4.74 Å². The number of benzene rings is 2. The molecule has 23 heavy (non-hydrogen) atoms. The van der Waals surface area contributed by atoms with Gasteiger partial charge in [-0.15, -0.1) is 5.10 Å². The Hall–Kier alpha value is -2.82. The molecule has 1 aliphatic rings. The normalized spacial score (nSPS) is 16.7. The highest BCUT2D eigenvalue weighted by Gasteiger charge is 2.32. The van der Waals surface area contributed by atoms with Crippen molar-refractivity contribution in [1.82, 2.24) is 5.01 Å². The molecule has 2 aromatic carbocycles. The Morgan fingerprint density at radius 1 is 1.09 bits per heavy atom. The number of carbonyl (C=O) groups excluding carboxylic acids is 1. The van der Waals surface area contributed by atoms with Crippen LogP contribution in [0.15, 0.2) is 59.7 Å². The third-order valence-electron chi connectivity index (χ3n) is 3.68. The summed E-state index contributed by atoms with van der Waals surface area (Å²) >= 11 is 0. The van der Waals surface area contributed by atoms with E-state index in [0.717, 1.165) is 16.8 Å². The first-order valence-corrected chi connectivity index (χ1v) is 7.44. The maximum Gasteiger partial charge on any atom is 0.243 e. The first kappa shape index (κ1) is 15.1. The van der Waals surface area contributed by atoms with Crippen molar-refractivity contribution >= 4 is 17.5 Å². The summed E-state index contributed by atoms with van der Waals surface area (Å²) in [6.07, 6.45) is -0.516. The van der Waals surface area contributed by atoms with Crippen LogP contribution in [0.2, 0.25) is 0 Å². The molecule has 1 atom stereocenters. The topological polar surface area (TPSA) is 45.1 Å². The summed E-state index contributed by atoms with van der Waals surface area (Å²) in [6.45, 7) is 1.49. The van der Waals surface area contributed by atoms with Crippen LogP contribution >= 0.6 is 0 Å². The number of anilines is 1. The highest BCUT2D eigenvalue weighted by Crippen LogP contribution is 2.30. The van der Waals surface area contributed by atoms with Gasteiger partial charge in [0.25, 0.3) is 0 Å². The van der Waals surface area contributed by atoms with Gasteiger partial charge in [-0.3, -0.25) is 4.79 Å². The molecule has 0 bridgehead atoms. The van der Waals surface area contributed by atoms with E-state index in [0.29, 0.717) is 5.90 Å². The summed E-state index contributed by atoms with van der Waals surface area (Å²) in [5.74, 6) is 0.304. The van der Waals surface area contributed by atoms with Crippen LogP contribution < -0.4 is 4.90 Å². The van der Waals surface area contributed by atoms with E-state index in [2.05, 4.69) is 5.10 Å². The van der Waals surface area contributed by atoms with Crippen LogP contribution in [0.1, 0.15) is 24.3 Å². The molecule has 5 heteroatoms. The molecule has 5 nitrogen and oxygen atoms in total.